The number of nitrogens with two attached hydrogens (primary N) is 1. The molecule has 0 heterocycles. The van der Waals surface area contributed by atoms with Crippen molar-refractivity contribution in [2.75, 3.05) is 5.73 Å². The van der Waals surface area contributed by atoms with Crippen molar-refractivity contribution in [2.24, 2.45) is 5.92 Å². The molecule has 6 heteroatoms. The average molecular weight is 279 g/mol. The first-order valence-electron chi connectivity index (χ1n) is 5.51. The van der Waals surface area contributed by atoms with Crippen molar-refractivity contribution < 1.29 is 17.9 Å². The van der Waals surface area contributed by atoms with Gasteiger partial charge in [-0.15, -0.1) is 11.8 Å². The van der Waals surface area contributed by atoms with Crippen LogP contribution in [0.4, 0.5) is 18.9 Å². The summed E-state index contributed by atoms with van der Waals surface area (Å²) in [6.07, 6.45) is 0. The molecule has 0 aliphatic rings. The Bertz CT molecular complexity index is 413. The lowest BCUT2D eigenvalue weighted by Gasteiger charge is -2.17. The van der Waals surface area contributed by atoms with Crippen molar-refractivity contribution in [1.82, 2.24) is 0 Å². The van der Waals surface area contributed by atoms with Crippen molar-refractivity contribution in [3.05, 3.63) is 17.9 Å². The van der Waals surface area contributed by atoms with Crippen LogP contribution in [0, 0.1) is 11.7 Å². The number of benzene rings is 1. The number of hydrogen-bond donors (Lipinski definition) is 1. The Labute approximate surface area is 109 Å². The average Bonchev–Trinajstić information content (AvgIpc) is 2.24. The molecule has 0 spiro atoms. The fourth-order valence-corrected chi connectivity index (χ4v) is 2.22. The summed E-state index contributed by atoms with van der Waals surface area (Å²) >= 11 is 1.41. The predicted octanol–water partition coefficient (Wildman–Crippen LogP) is 4.15. The van der Waals surface area contributed by atoms with Crippen LogP contribution in [0.5, 0.6) is 5.75 Å². The zero-order valence-electron chi connectivity index (χ0n) is 10.4. The molecule has 0 aliphatic carbocycles. The highest BCUT2D eigenvalue weighted by Crippen LogP contribution is 2.36. The molecule has 0 aromatic heterocycles. The second kappa shape index (κ2) is 6.22. The second-order valence-electron chi connectivity index (χ2n) is 4.27. The smallest absolute Gasteiger partial charge is 0.387 e. The van der Waals surface area contributed by atoms with E-state index >= 15 is 0 Å². The van der Waals surface area contributed by atoms with Gasteiger partial charge >= 0.3 is 6.61 Å². The van der Waals surface area contributed by atoms with Gasteiger partial charge in [0.2, 0.25) is 0 Å². The number of hydrogen-bond acceptors (Lipinski definition) is 3. The third-order valence-electron chi connectivity index (χ3n) is 2.53. The molecule has 0 saturated heterocycles. The molecule has 2 nitrogen and oxygen atoms in total. The lowest BCUT2D eigenvalue weighted by atomic mass is 10.2. The number of thioether (sulfide) groups is 1. The van der Waals surface area contributed by atoms with E-state index in [-0.39, 0.29) is 10.9 Å². The Kier molecular flexibility index (Phi) is 5.19. The van der Waals surface area contributed by atoms with Gasteiger partial charge in [0.25, 0.3) is 0 Å². The summed E-state index contributed by atoms with van der Waals surface area (Å²) in [4.78, 5) is 0.549. The molecule has 18 heavy (non-hydrogen) atoms. The van der Waals surface area contributed by atoms with Gasteiger partial charge in [-0.05, 0) is 12.0 Å². The molecular formula is C12H16F3NOS. The van der Waals surface area contributed by atoms with Crippen molar-refractivity contribution in [2.45, 2.75) is 37.5 Å². The highest BCUT2D eigenvalue weighted by molar-refractivity contribution is 8.00. The largest absolute Gasteiger partial charge is 0.432 e. The molecule has 0 bridgehead atoms. The Balaban J connectivity index is 2.97. The van der Waals surface area contributed by atoms with Gasteiger partial charge in [0.1, 0.15) is 0 Å². The van der Waals surface area contributed by atoms with E-state index in [1.807, 2.05) is 20.8 Å². The molecule has 0 radical (unpaired) electrons. The van der Waals surface area contributed by atoms with Gasteiger partial charge in [-0.2, -0.15) is 8.78 Å². The van der Waals surface area contributed by atoms with E-state index in [0.29, 0.717) is 10.8 Å². The number of nitrogen functional groups attached to an aromatic ring is 1. The highest BCUT2D eigenvalue weighted by atomic mass is 32.2. The first kappa shape index (κ1) is 15.0. The molecule has 0 fully saturated rings. The van der Waals surface area contributed by atoms with Gasteiger partial charge in [-0.3, -0.25) is 0 Å². The topological polar surface area (TPSA) is 35.2 Å². The maximum Gasteiger partial charge on any atom is 0.387 e. The number of alkyl halides is 2. The molecular weight excluding hydrogens is 263 g/mol. The van der Waals surface area contributed by atoms with Crippen LogP contribution in [0.25, 0.3) is 0 Å². The quantitative estimate of drug-likeness (QED) is 0.649. The summed E-state index contributed by atoms with van der Waals surface area (Å²) < 4.78 is 41.6. The van der Waals surface area contributed by atoms with Gasteiger partial charge in [-0.1, -0.05) is 20.8 Å². The molecule has 0 saturated carbocycles. The monoisotopic (exact) mass is 279 g/mol. The summed E-state index contributed by atoms with van der Waals surface area (Å²) in [5.41, 5.74) is 5.89. The molecule has 0 aliphatic heterocycles. The molecule has 1 atom stereocenters. The maximum absolute atomic E-state index is 13.3. The number of ether oxygens (including phenoxy) is 1. The Hall–Kier alpha value is -1.04. The van der Waals surface area contributed by atoms with Crippen molar-refractivity contribution in [3.63, 3.8) is 0 Å². The fraction of sp³-hybridized carbons (Fsp3) is 0.500. The van der Waals surface area contributed by atoms with Crippen LogP contribution in [-0.2, 0) is 0 Å². The molecule has 1 aromatic rings. The van der Waals surface area contributed by atoms with Crippen LogP contribution < -0.4 is 10.5 Å². The van der Waals surface area contributed by atoms with E-state index in [1.165, 1.54) is 17.8 Å². The van der Waals surface area contributed by atoms with Crippen LogP contribution in [0.3, 0.4) is 0 Å². The van der Waals surface area contributed by atoms with Gasteiger partial charge in [0, 0.05) is 21.9 Å². The van der Waals surface area contributed by atoms with Gasteiger partial charge in [0.15, 0.2) is 11.6 Å². The van der Waals surface area contributed by atoms with Crippen LogP contribution in [0.2, 0.25) is 0 Å². The molecule has 1 aromatic carbocycles. The Morgan fingerprint density at radius 1 is 1.22 bits per heavy atom. The molecule has 1 rings (SSSR count). The van der Waals surface area contributed by atoms with E-state index in [0.717, 1.165) is 6.07 Å². The first-order chi connectivity index (χ1) is 8.31. The van der Waals surface area contributed by atoms with Crippen molar-refractivity contribution in [1.29, 1.82) is 0 Å². The summed E-state index contributed by atoms with van der Waals surface area (Å²) in [6, 6.07) is 2.23. The minimum absolute atomic E-state index is 0.228. The Morgan fingerprint density at radius 2 is 1.83 bits per heavy atom. The van der Waals surface area contributed by atoms with E-state index in [2.05, 4.69) is 4.74 Å². The van der Waals surface area contributed by atoms with Crippen LogP contribution in [-0.4, -0.2) is 11.9 Å². The minimum Gasteiger partial charge on any atom is -0.432 e. The number of anilines is 1. The van der Waals surface area contributed by atoms with Crippen LogP contribution >= 0.6 is 11.8 Å². The van der Waals surface area contributed by atoms with Gasteiger partial charge in [-0.25, -0.2) is 4.39 Å². The summed E-state index contributed by atoms with van der Waals surface area (Å²) in [7, 11) is 0. The number of rotatable bonds is 5. The predicted molar refractivity (Wildman–Crippen MR) is 67.6 cm³/mol. The van der Waals surface area contributed by atoms with Crippen LogP contribution in [0.1, 0.15) is 20.8 Å². The maximum atomic E-state index is 13.3. The van der Waals surface area contributed by atoms with Crippen molar-refractivity contribution >= 4 is 17.4 Å². The fourth-order valence-electron chi connectivity index (χ4n) is 1.17. The number of halogens is 3. The SMILES string of the molecule is CC(C)C(C)Sc1cc(OC(F)F)c(F)cc1N. The second-order valence-corrected chi connectivity index (χ2v) is 5.69. The summed E-state index contributed by atoms with van der Waals surface area (Å²) in [6.45, 7) is 3.01. The first-order valence-corrected chi connectivity index (χ1v) is 6.39. The zero-order chi connectivity index (χ0) is 13.9. The highest BCUT2D eigenvalue weighted by Gasteiger charge is 2.16. The normalized spacial score (nSPS) is 13.1. The molecule has 0 amide bonds. The lowest BCUT2D eigenvalue weighted by molar-refractivity contribution is -0.0523. The minimum atomic E-state index is -3.05. The Morgan fingerprint density at radius 3 is 2.33 bits per heavy atom. The molecule has 2 N–H and O–H groups in total. The van der Waals surface area contributed by atoms with Gasteiger partial charge in [0.05, 0.1) is 0 Å². The third-order valence-corrected chi connectivity index (χ3v) is 4.06. The third kappa shape index (κ3) is 4.01. The van der Waals surface area contributed by atoms with Gasteiger partial charge < -0.3 is 10.5 Å². The standard InChI is InChI=1S/C12H16F3NOS/c1-6(2)7(3)18-11-5-10(17-12(14)15)8(13)4-9(11)16/h4-7,12H,16H2,1-3H3. The van der Waals surface area contributed by atoms with Crippen LogP contribution in [0.15, 0.2) is 17.0 Å². The van der Waals surface area contributed by atoms with E-state index < -0.39 is 18.2 Å². The zero-order valence-corrected chi connectivity index (χ0v) is 11.2. The molecule has 1 unspecified atom stereocenters. The summed E-state index contributed by atoms with van der Waals surface area (Å²) in [5, 5.41) is 0.233. The van der Waals surface area contributed by atoms with Crippen molar-refractivity contribution in [3.8, 4) is 5.75 Å². The summed E-state index contributed by atoms with van der Waals surface area (Å²) in [5.74, 6) is -0.967. The van der Waals surface area contributed by atoms with E-state index in [1.54, 1.807) is 0 Å². The van der Waals surface area contributed by atoms with E-state index in [9.17, 15) is 13.2 Å². The molecule has 102 valence electrons. The van der Waals surface area contributed by atoms with E-state index in [4.69, 9.17) is 5.73 Å². The lowest BCUT2D eigenvalue weighted by Crippen LogP contribution is -2.08.